The van der Waals surface area contributed by atoms with E-state index in [4.69, 9.17) is 9.56 Å². The SMILES string of the molecule is N=S1(=N)CCCN(I)CC1. The molecule has 0 aliphatic carbocycles. The van der Waals surface area contributed by atoms with Crippen LogP contribution in [0.1, 0.15) is 6.42 Å². The number of nitrogens with one attached hydrogen (secondary N) is 2. The molecular weight excluding hydrogens is 261 g/mol. The van der Waals surface area contributed by atoms with Crippen LogP contribution in [0.3, 0.4) is 0 Å². The van der Waals surface area contributed by atoms with Gasteiger partial charge in [0.2, 0.25) is 0 Å². The first-order valence-electron chi connectivity index (χ1n) is 3.29. The summed E-state index contributed by atoms with van der Waals surface area (Å²) in [6.45, 7) is 2.00. The van der Waals surface area contributed by atoms with Crippen molar-refractivity contribution in [3.8, 4) is 0 Å². The molecule has 0 saturated carbocycles. The van der Waals surface area contributed by atoms with Crippen LogP contribution in [-0.4, -0.2) is 27.7 Å². The molecule has 5 heteroatoms. The van der Waals surface area contributed by atoms with E-state index in [1.165, 1.54) is 0 Å². The molecule has 1 aliphatic rings. The third kappa shape index (κ3) is 2.71. The highest BCUT2D eigenvalue weighted by Gasteiger charge is 2.11. The molecule has 10 heavy (non-hydrogen) atoms. The predicted octanol–water partition coefficient (Wildman–Crippen LogP) is 1.72. The minimum atomic E-state index is -1.70. The first-order chi connectivity index (χ1) is 4.60. The Hall–Kier alpha value is 0.640. The summed E-state index contributed by atoms with van der Waals surface area (Å²) in [6.07, 6.45) is 1.03. The van der Waals surface area contributed by atoms with Crippen molar-refractivity contribution in [1.82, 2.24) is 3.11 Å². The smallest absolute Gasteiger partial charge is 0.0266 e. The quantitative estimate of drug-likeness (QED) is 0.512. The maximum atomic E-state index is 7.58. The molecular formula is C5H12IN3S. The van der Waals surface area contributed by atoms with Gasteiger partial charge in [-0.05, 0) is 6.42 Å². The van der Waals surface area contributed by atoms with Crippen LogP contribution in [0.4, 0.5) is 0 Å². The van der Waals surface area contributed by atoms with Crippen molar-refractivity contribution in [1.29, 1.82) is 9.56 Å². The molecule has 1 aliphatic heterocycles. The first-order valence-corrected chi connectivity index (χ1v) is 6.22. The van der Waals surface area contributed by atoms with E-state index in [-0.39, 0.29) is 0 Å². The first kappa shape index (κ1) is 8.73. The van der Waals surface area contributed by atoms with E-state index in [9.17, 15) is 0 Å². The second-order valence-corrected chi connectivity index (χ2v) is 6.50. The zero-order valence-corrected chi connectivity index (χ0v) is 8.74. The Labute approximate surface area is 76.1 Å². The van der Waals surface area contributed by atoms with Gasteiger partial charge in [-0.15, -0.1) is 0 Å². The second-order valence-electron chi connectivity index (χ2n) is 2.56. The minimum Gasteiger partial charge on any atom is -0.270 e. The summed E-state index contributed by atoms with van der Waals surface area (Å²) in [5.41, 5.74) is 0. The molecule has 0 amide bonds. The lowest BCUT2D eigenvalue weighted by molar-refractivity contribution is 0.546. The van der Waals surface area contributed by atoms with Gasteiger partial charge in [0.15, 0.2) is 0 Å². The lowest BCUT2D eigenvalue weighted by Crippen LogP contribution is -2.15. The van der Waals surface area contributed by atoms with Crippen molar-refractivity contribution < 1.29 is 0 Å². The van der Waals surface area contributed by atoms with Gasteiger partial charge in [0, 0.05) is 47.5 Å². The number of halogens is 1. The molecule has 0 unspecified atom stereocenters. The van der Waals surface area contributed by atoms with Crippen LogP contribution in [0.15, 0.2) is 0 Å². The molecule has 0 radical (unpaired) electrons. The van der Waals surface area contributed by atoms with E-state index in [1.807, 2.05) is 0 Å². The molecule has 2 N–H and O–H groups in total. The van der Waals surface area contributed by atoms with Gasteiger partial charge >= 0.3 is 0 Å². The summed E-state index contributed by atoms with van der Waals surface area (Å²) >= 11 is 2.28. The normalized spacial score (nSPS) is 27.7. The van der Waals surface area contributed by atoms with Crippen molar-refractivity contribution in [2.75, 3.05) is 24.6 Å². The highest BCUT2D eigenvalue weighted by molar-refractivity contribution is 14.1. The van der Waals surface area contributed by atoms with Crippen molar-refractivity contribution in [2.45, 2.75) is 6.42 Å². The van der Waals surface area contributed by atoms with Crippen LogP contribution >= 0.6 is 22.9 Å². The van der Waals surface area contributed by atoms with Gasteiger partial charge in [-0.1, -0.05) is 9.62 Å². The van der Waals surface area contributed by atoms with E-state index in [2.05, 4.69) is 26.0 Å². The third-order valence-corrected chi connectivity index (χ3v) is 4.41. The van der Waals surface area contributed by atoms with Crippen molar-refractivity contribution in [3.63, 3.8) is 0 Å². The number of hydrogen-bond donors (Lipinski definition) is 2. The van der Waals surface area contributed by atoms with Gasteiger partial charge in [-0.25, -0.2) is 3.11 Å². The molecule has 1 heterocycles. The van der Waals surface area contributed by atoms with Crippen molar-refractivity contribution in [2.24, 2.45) is 0 Å². The zero-order chi connectivity index (χ0) is 7.61. The Balaban J connectivity index is 2.58. The van der Waals surface area contributed by atoms with Crippen molar-refractivity contribution >= 4 is 32.5 Å². The van der Waals surface area contributed by atoms with E-state index in [1.54, 1.807) is 0 Å². The molecule has 3 nitrogen and oxygen atoms in total. The predicted molar refractivity (Wildman–Crippen MR) is 52.7 cm³/mol. The molecule has 1 fully saturated rings. The molecule has 0 aromatic carbocycles. The number of hydrogen-bond acceptors (Lipinski definition) is 3. The fourth-order valence-electron chi connectivity index (χ4n) is 0.951. The molecule has 0 atom stereocenters. The van der Waals surface area contributed by atoms with E-state index in [0.29, 0.717) is 0 Å². The summed E-state index contributed by atoms with van der Waals surface area (Å²) < 4.78 is 17.3. The summed E-state index contributed by atoms with van der Waals surface area (Å²) in [7, 11) is -1.70. The monoisotopic (exact) mass is 273 g/mol. The summed E-state index contributed by atoms with van der Waals surface area (Å²) in [4.78, 5) is 0. The van der Waals surface area contributed by atoms with Gasteiger partial charge < -0.3 is 0 Å². The molecule has 0 bridgehead atoms. The van der Waals surface area contributed by atoms with E-state index in [0.717, 1.165) is 31.0 Å². The largest absolute Gasteiger partial charge is 0.270 e. The molecule has 1 saturated heterocycles. The van der Waals surface area contributed by atoms with Gasteiger partial charge in [-0.2, -0.15) is 0 Å². The average molecular weight is 273 g/mol. The van der Waals surface area contributed by atoms with Gasteiger partial charge in [0.1, 0.15) is 0 Å². The maximum absolute atomic E-state index is 7.58. The Morgan fingerprint density at radius 3 is 2.60 bits per heavy atom. The molecule has 60 valence electrons. The zero-order valence-electron chi connectivity index (χ0n) is 5.77. The lowest BCUT2D eigenvalue weighted by atomic mass is 10.5. The molecule has 0 aromatic rings. The summed E-state index contributed by atoms with van der Waals surface area (Å²) in [6, 6.07) is 0. The van der Waals surface area contributed by atoms with Crippen molar-refractivity contribution in [3.05, 3.63) is 0 Å². The number of rotatable bonds is 0. The van der Waals surface area contributed by atoms with E-state index < -0.39 is 9.62 Å². The van der Waals surface area contributed by atoms with Crippen LogP contribution in [0.2, 0.25) is 0 Å². The fourth-order valence-corrected chi connectivity index (χ4v) is 3.22. The van der Waals surface area contributed by atoms with Gasteiger partial charge in [0.05, 0.1) is 0 Å². The Kier molecular flexibility index (Phi) is 2.93. The standard InChI is InChI=1S/C5H12IN3S/c6-9-2-1-4-10(7,8)5-3-9/h7-8H,1-5H2. The Morgan fingerprint density at radius 2 is 1.90 bits per heavy atom. The highest BCUT2D eigenvalue weighted by atomic mass is 127. The molecule has 1 rings (SSSR count). The van der Waals surface area contributed by atoms with Crippen LogP contribution < -0.4 is 0 Å². The summed E-state index contributed by atoms with van der Waals surface area (Å²) in [5.74, 6) is 1.59. The lowest BCUT2D eigenvalue weighted by Gasteiger charge is -2.08. The van der Waals surface area contributed by atoms with Crippen LogP contribution in [0, 0.1) is 9.56 Å². The molecule has 0 aromatic heterocycles. The highest BCUT2D eigenvalue weighted by Crippen LogP contribution is 2.09. The summed E-state index contributed by atoms with van der Waals surface area (Å²) in [5, 5.41) is 0. The van der Waals surface area contributed by atoms with Crippen LogP contribution in [0.25, 0.3) is 0 Å². The number of nitrogens with zero attached hydrogens (tertiary/aromatic N) is 1. The average Bonchev–Trinajstić information content (AvgIpc) is 1.94. The maximum Gasteiger partial charge on any atom is 0.0266 e. The second kappa shape index (κ2) is 3.36. The Bertz CT molecular complexity index is 199. The van der Waals surface area contributed by atoms with E-state index >= 15 is 0 Å². The topological polar surface area (TPSA) is 50.9 Å². The third-order valence-electron chi connectivity index (χ3n) is 1.58. The molecule has 0 spiro atoms. The minimum absolute atomic E-state index is 0.774. The van der Waals surface area contributed by atoms with Crippen LogP contribution in [-0.2, 0) is 9.62 Å². The Morgan fingerprint density at radius 1 is 1.20 bits per heavy atom. The van der Waals surface area contributed by atoms with Gasteiger partial charge in [-0.3, -0.25) is 9.56 Å². The fraction of sp³-hybridized carbons (Fsp3) is 1.00. The van der Waals surface area contributed by atoms with Crippen LogP contribution in [0.5, 0.6) is 0 Å². The van der Waals surface area contributed by atoms with Gasteiger partial charge in [0.25, 0.3) is 0 Å².